The highest BCUT2D eigenvalue weighted by molar-refractivity contribution is 5.78. The fraction of sp³-hybridized carbons (Fsp3) is 0.850. The van der Waals surface area contributed by atoms with Crippen LogP contribution in [0.25, 0.3) is 0 Å². The maximum absolute atomic E-state index is 13.5. The second kappa shape index (κ2) is 19.5. The first-order chi connectivity index (χ1) is 31.0. The van der Waals surface area contributed by atoms with Crippen molar-refractivity contribution in [2.75, 3.05) is 6.61 Å². The molecule has 5 fully saturated rings. The average molecular weight is 1020 g/mol. The third kappa shape index (κ3) is 12.0. The molecule has 388 valence electrons. The molecule has 13 nitrogen and oxygen atoms in total. The first-order valence-electron chi connectivity index (χ1n) is 21.2. The summed E-state index contributed by atoms with van der Waals surface area (Å²) < 4.78 is 229. The van der Waals surface area contributed by atoms with Crippen LogP contribution in [-0.4, -0.2) is 110 Å². The molecule has 0 aromatic rings. The molecule has 0 bridgehead atoms. The molecule has 14 atom stereocenters. The van der Waals surface area contributed by atoms with E-state index in [4.69, 9.17) is 14.2 Å². The zero-order valence-corrected chi connectivity index (χ0v) is 35.9. The lowest BCUT2D eigenvalue weighted by molar-refractivity contribution is -0.315. The fourth-order valence-electron chi connectivity index (χ4n) is 11.6. The molecule has 0 aromatic heterocycles. The van der Waals surface area contributed by atoms with Gasteiger partial charge in [0.25, 0.3) is 0 Å². The van der Waals surface area contributed by atoms with Crippen LogP contribution in [0.15, 0.2) is 0 Å². The van der Waals surface area contributed by atoms with Gasteiger partial charge in [-0.25, -0.2) is 24.0 Å². The van der Waals surface area contributed by atoms with Crippen LogP contribution in [0.2, 0.25) is 0 Å². The second-order valence-corrected chi connectivity index (χ2v) is 18.4. The fourth-order valence-corrected chi connectivity index (χ4v) is 11.6. The van der Waals surface area contributed by atoms with Gasteiger partial charge in [-0.15, -0.1) is 0 Å². The predicted molar refractivity (Wildman–Crippen MR) is 189 cm³/mol. The number of hydrogen-bond acceptors (Lipinski definition) is 13. The van der Waals surface area contributed by atoms with Crippen molar-refractivity contribution in [2.24, 2.45) is 46.3 Å². The van der Waals surface area contributed by atoms with Gasteiger partial charge in [0.05, 0.1) is 0 Å². The molecule has 68 heavy (non-hydrogen) atoms. The molecule has 1 saturated heterocycles. The van der Waals surface area contributed by atoms with Gasteiger partial charge >= 0.3 is 66.7 Å². The van der Waals surface area contributed by atoms with Crippen LogP contribution in [-0.2, 0) is 61.9 Å². The SMILES string of the molecule is C[C@H](CCC(=O)O[C@H]1O[C@H](COC(=O)C(F)(F)F)[C@@H](OC(=O)C(F)(F)F)[C@H](OC(=O)C(F)(F)F)[C@H]1OC(=O)C(F)(F)F)[C@H]1CCC2C3CCC4C[C@H](OC(=O)C(F)(F)F)CC[C@]4(C)C3CC[C@@]21C. The smallest absolute Gasteiger partial charge is 0.456 e. The first kappa shape index (κ1) is 54.7. The Morgan fingerprint density at radius 2 is 1.04 bits per heavy atom. The summed E-state index contributed by atoms with van der Waals surface area (Å²) in [5, 5.41) is 0. The summed E-state index contributed by atoms with van der Waals surface area (Å²) >= 11 is 0. The Hall–Kier alpha value is -4.27. The number of alkyl halides is 15. The topological polar surface area (TPSA) is 167 Å². The molecule has 0 amide bonds. The van der Waals surface area contributed by atoms with Gasteiger partial charge in [-0.1, -0.05) is 20.8 Å². The molecule has 0 spiro atoms. The lowest BCUT2D eigenvalue weighted by Gasteiger charge is -2.61. The zero-order chi connectivity index (χ0) is 51.3. The third-order valence-corrected chi connectivity index (χ3v) is 14.6. The van der Waals surface area contributed by atoms with Gasteiger partial charge in [-0.05, 0) is 111 Å². The Morgan fingerprint density at radius 1 is 0.559 bits per heavy atom. The number of carbonyl (C=O) groups is 6. The maximum atomic E-state index is 13.5. The van der Waals surface area contributed by atoms with Gasteiger partial charge in [0.2, 0.25) is 12.4 Å². The van der Waals surface area contributed by atoms with Crippen LogP contribution in [0.4, 0.5) is 65.9 Å². The Morgan fingerprint density at radius 3 is 1.59 bits per heavy atom. The van der Waals surface area contributed by atoms with Gasteiger partial charge in [-0.2, -0.15) is 65.9 Å². The number of rotatable bonds is 11. The van der Waals surface area contributed by atoms with Crippen molar-refractivity contribution in [1.29, 1.82) is 0 Å². The van der Waals surface area contributed by atoms with E-state index in [9.17, 15) is 94.6 Å². The van der Waals surface area contributed by atoms with E-state index >= 15 is 0 Å². The van der Waals surface area contributed by atoms with Crippen LogP contribution >= 0.6 is 0 Å². The van der Waals surface area contributed by atoms with E-state index in [0.29, 0.717) is 25.7 Å². The second-order valence-electron chi connectivity index (χ2n) is 18.4. The molecule has 0 N–H and O–H groups in total. The molecule has 1 heterocycles. The highest BCUT2D eigenvalue weighted by Gasteiger charge is 2.63. The standard InChI is InChI=1S/C40H45F15O13/c1-16(20-7-8-21-19-6-5-17-14-18(63-30(58)37(44,45)46)10-12-34(17,2)22(19)11-13-35(20,21)3)4-9-24(56)65-28-27(68-33(61)40(53,54)55)26(67-32(60)39(50,51)52)25(66-31(59)38(47,48)49)23(64-28)15-62-29(57)36(41,42)43/h16-23,25-28H,4-15H2,1-3H3/t16-,17?,18-,19?,20-,21?,22?,23-,25-,26+,27-,28-,34+,35-/m1/s1. The van der Waals surface area contributed by atoms with Crippen molar-refractivity contribution in [2.45, 2.75) is 159 Å². The first-order valence-corrected chi connectivity index (χ1v) is 21.2. The molecular formula is C40H45F15O13. The zero-order valence-electron chi connectivity index (χ0n) is 35.9. The predicted octanol–water partition coefficient (Wildman–Crippen LogP) is 8.33. The molecule has 28 heteroatoms. The minimum atomic E-state index is -6.16. The van der Waals surface area contributed by atoms with E-state index in [1.807, 2.05) is 0 Å². The lowest BCUT2D eigenvalue weighted by Crippen LogP contribution is -2.64. The normalized spacial score (nSPS) is 34.8. The number of halogens is 15. The maximum Gasteiger partial charge on any atom is 0.490 e. The minimum absolute atomic E-state index is 0.00213. The van der Waals surface area contributed by atoms with Crippen molar-refractivity contribution in [3.05, 3.63) is 0 Å². The Kier molecular flexibility index (Phi) is 15.7. The Labute approximate surface area is 375 Å². The number of hydrogen-bond donors (Lipinski definition) is 0. The van der Waals surface area contributed by atoms with E-state index in [1.54, 1.807) is 6.92 Å². The molecule has 5 aliphatic rings. The largest absolute Gasteiger partial charge is 0.490 e. The average Bonchev–Trinajstić information content (AvgIpc) is 3.56. The minimum Gasteiger partial charge on any atom is -0.456 e. The van der Waals surface area contributed by atoms with Crippen molar-refractivity contribution < 1.29 is 128 Å². The van der Waals surface area contributed by atoms with Crippen LogP contribution in [0.1, 0.15) is 91.4 Å². The number of esters is 6. The Balaban J connectivity index is 1.34. The molecule has 0 radical (unpaired) electrons. The Bertz CT molecular complexity index is 1900. The molecule has 4 unspecified atom stereocenters. The van der Waals surface area contributed by atoms with Crippen LogP contribution in [0, 0.1) is 46.3 Å². The summed E-state index contributed by atoms with van der Waals surface area (Å²) in [7, 11) is 0. The van der Waals surface area contributed by atoms with Gasteiger partial charge in [0.15, 0.2) is 12.2 Å². The van der Waals surface area contributed by atoms with Gasteiger partial charge in [-0.3, -0.25) is 4.79 Å². The summed E-state index contributed by atoms with van der Waals surface area (Å²) in [4.78, 5) is 72.3. The van der Waals surface area contributed by atoms with Gasteiger partial charge in [0, 0.05) is 6.42 Å². The van der Waals surface area contributed by atoms with Crippen molar-refractivity contribution >= 4 is 35.8 Å². The highest BCUT2D eigenvalue weighted by atomic mass is 19.4. The summed E-state index contributed by atoms with van der Waals surface area (Å²) in [6.45, 7) is 3.87. The van der Waals surface area contributed by atoms with Crippen LogP contribution in [0.3, 0.4) is 0 Å². The molecule has 1 aliphatic heterocycles. The summed E-state index contributed by atoms with van der Waals surface area (Å²) in [5.74, 6) is -17.1. The van der Waals surface area contributed by atoms with E-state index in [1.165, 1.54) is 0 Å². The summed E-state index contributed by atoms with van der Waals surface area (Å²) in [5.41, 5.74) is -0.592. The molecular weight excluding hydrogens is 973 g/mol. The summed E-state index contributed by atoms with van der Waals surface area (Å²) in [6, 6.07) is 0. The molecule has 4 aliphatic carbocycles. The van der Waals surface area contributed by atoms with Crippen LogP contribution < -0.4 is 0 Å². The summed E-state index contributed by atoms with van der Waals surface area (Å²) in [6.07, 6.45) is -42.2. The van der Waals surface area contributed by atoms with Gasteiger partial charge in [0.1, 0.15) is 18.8 Å². The number of ether oxygens (including phenoxy) is 7. The third-order valence-electron chi connectivity index (χ3n) is 14.6. The number of fused-ring (bicyclic) bond motifs is 5. The van der Waals surface area contributed by atoms with Crippen molar-refractivity contribution in [3.8, 4) is 0 Å². The molecule has 5 rings (SSSR count). The monoisotopic (exact) mass is 1020 g/mol. The molecule has 0 aromatic carbocycles. The van der Waals surface area contributed by atoms with Crippen molar-refractivity contribution in [1.82, 2.24) is 0 Å². The lowest BCUT2D eigenvalue weighted by atomic mass is 9.44. The number of carbonyl (C=O) groups excluding carboxylic acids is 6. The quantitative estimate of drug-likeness (QED) is 0.110. The van der Waals surface area contributed by atoms with Crippen LogP contribution in [0.5, 0.6) is 0 Å². The van der Waals surface area contributed by atoms with E-state index < -0.39 is 117 Å². The molecule has 4 saturated carbocycles. The van der Waals surface area contributed by atoms with E-state index in [-0.39, 0.29) is 65.6 Å². The highest BCUT2D eigenvalue weighted by Crippen LogP contribution is 2.68. The van der Waals surface area contributed by atoms with Crippen molar-refractivity contribution in [3.63, 3.8) is 0 Å². The van der Waals surface area contributed by atoms with E-state index in [2.05, 4.69) is 32.8 Å². The van der Waals surface area contributed by atoms with Gasteiger partial charge < -0.3 is 33.2 Å². The van der Waals surface area contributed by atoms with E-state index in [0.717, 1.165) is 19.3 Å².